The quantitative estimate of drug-likeness (QED) is 0.326. The number of ether oxygens (including phenoxy) is 1. The number of carbonyl (C=O) groups excluding carboxylic acids is 2. The lowest BCUT2D eigenvalue weighted by molar-refractivity contribution is -0.140. The van der Waals surface area contributed by atoms with Gasteiger partial charge in [0.2, 0.25) is 11.9 Å². The number of anilines is 2. The summed E-state index contributed by atoms with van der Waals surface area (Å²) < 4.78 is 8.66. The van der Waals surface area contributed by atoms with Gasteiger partial charge in [0.25, 0.3) is 0 Å². The minimum Gasteiger partial charge on any atom is -0.444 e. The summed E-state index contributed by atoms with van der Waals surface area (Å²) in [7, 11) is 1.88. The second-order valence-corrected chi connectivity index (χ2v) is 14.0. The van der Waals surface area contributed by atoms with Crippen LogP contribution in [0.3, 0.4) is 0 Å². The second kappa shape index (κ2) is 10.7. The number of amides is 2. The number of imidazole rings is 1. The van der Waals surface area contributed by atoms with Crippen molar-refractivity contribution in [2.24, 2.45) is 5.92 Å². The Bertz CT molecular complexity index is 1670. The molecule has 11 nitrogen and oxygen atoms in total. The lowest BCUT2D eigenvalue weighted by Crippen LogP contribution is -2.57. The van der Waals surface area contributed by atoms with Crippen LogP contribution in [0.5, 0.6) is 0 Å². The minimum absolute atomic E-state index is 0.0198. The Kier molecular flexibility index (Phi) is 7.22. The van der Waals surface area contributed by atoms with E-state index in [0.29, 0.717) is 38.7 Å². The average molecular weight is 605 g/mol. The highest BCUT2D eigenvalue weighted by Gasteiger charge is 2.42. The van der Waals surface area contributed by atoms with Crippen molar-refractivity contribution in [3.8, 4) is 0 Å². The van der Waals surface area contributed by atoms with Gasteiger partial charge in [-0.15, -0.1) is 11.3 Å². The molecule has 228 valence electrons. The number of rotatable bonds is 5. The molecule has 0 aromatic carbocycles. The van der Waals surface area contributed by atoms with Gasteiger partial charge in [-0.2, -0.15) is 4.98 Å². The van der Waals surface area contributed by atoms with Gasteiger partial charge in [0.15, 0.2) is 5.82 Å². The van der Waals surface area contributed by atoms with Crippen LogP contribution in [0.15, 0.2) is 42.0 Å². The van der Waals surface area contributed by atoms with Gasteiger partial charge < -0.3 is 28.7 Å². The lowest BCUT2D eigenvalue weighted by atomic mass is 9.93. The number of hydrogen-bond acceptors (Lipinski definition) is 9. The third-order valence-electron chi connectivity index (χ3n) is 8.55. The number of piperazine rings is 1. The van der Waals surface area contributed by atoms with E-state index in [1.54, 1.807) is 16.2 Å². The van der Waals surface area contributed by atoms with Gasteiger partial charge in [-0.05, 0) is 65.1 Å². The highest BCUT2D eigenvalue weighted by molar-refractivity contribution is 7.17. The normalized spacial score (nSPS) is 18.3. The monoisotopic (exact) mass is 604 g/mol. The summed E-state index contributed by atoms with van der Waals surface area (Å²) in [6.45, 7) is 14.7. The Morgan fingerprint density at radius 2 is 1.81 bits per heavy atom. The number of aromatic nitrogens is 4. The smallest absolute Gasteiger partial charge is 0.410 e. The first-order valence-electron chi connectivity index (χ1n) is 14.8. The van der Waals surface area contributed by atoms with Crippen molar-refractivity contribution in [2.75, 3.05) is 49.6 Å². The third-order valence-corrected chi connectivity index (χ3v) is 9.45. The maximum Gasteiger partial charge on any atom is 0.410 e. The average Bonchev–Trinajstić information content (AvgIpc) is 3.58. The van der Waals surface area contributed by atoms with Crippen molar-refractivity contribution in [1.29, 1.82) is 0 Å². The Morgan fingerprint density at radius 3 is 2.53 bits per heavy atom. The van der Waals surface area contributed by atoms with E-state index < -0.39 is 11.1 Å². The molecule has 0 bridgehead atoms. The fourth-order valence-corrected chi connectivity index (χ4v) is 6.69. The van der Waals surface area contributed by atoms with E-state index in [4.69, 9.17) is 14.7 Å². The van der Waals surface area contributed by atoms with Crippen LogP contribution in [0, 0.1) is 5.92 Å². The highest BCUT2D eigenvalue weighted by Crippen LogP contribution is 2.37. The van der Waals surface area contributed by atoms with Gasteiger partial charge in [0.05, 0.1) is 33.6 Å². The molecular weight excluding hydrogens is 564 g/mol. The molecule has 6 heterocycles. The molecule has 6 rings (SSSR count). The van der Waals surface area contributed by atoms with Crippen molar-refractivity contribution in [3.63, 3.8) is 0 Å². The molecule has 1 unspecified atom stereocenters. The Hall–Kier alpha value is -3.93. The van der Waals surface area contributed by atoms with E-state index in [2.05, 4.69) is 35.6 Å². The minimum atomic E-state index is -0.543. The van der Waals surface area contributed by atoms with Crippen LogP contribution in [0.25, 0.3) is 15.9 Å². The molecule has 2 fully saturated rings. The first-order chi connectivity index (χ1) is 20.3. The summed E-state index contributed by atoms with van der Waals surface area (Å²) in [6.07, 6.45) is 3.55. The summed E-state index contributed by atoms with van der Waals surface area (Å²) in [5.74, 6) is 1.49. The molecule has 0 aliphatic carbocycles. The largest absolute Gasteiger partial charge is 0.444 e. The van der Waals surface area contributed by atoms with Crippen molar-refractivity contribution < 1.29 is 14.3 Å². The third kappa shape index (κ3) is 5.37. The van der Waals surface area contributed by atoms with Crippen LogP contribution in [0.2, 0.25) is 0 Å². The molecule has 43 heavy (non-hydrogen) atoms. The number of nitrogens with zero attached hydrogens (tertiary/aromatic N) is 8. The first-order valence-corrected chi connectivity index (χ1v) is 15.7. The zero-order chi connectivity index (χ0) is 30.7. The Balaban J connectivity index is 1.16. The maximum atomic E-state index is 13.7. The molecule has 12 heteroatoms. The molecule has 1 atom stereocenters. The number of carbonyl (C=O) groups is 2. The van der Waals surface area contributed by atoms with Crippen molar-refractivity contribution in [2.45, 2.75) is 58.7 Å². The summed E-state index contributed by atoms with van der Waals surface area (Å²) in [6, 6.07) is 7.94. The standard InChI is InChI=1S/C31H40N8O3S/c1-20-17-36(29(41)42-30(2,3)4)13-14-38(20)28-33-22-11-15-43-25(22)26(34-28)37-18-21(19-37)27(40)35(7)31(5,6)23-16-32-24-10-8-9-12-39(23)24/h8-12,15-16,20-21H,13-14,17-19H2,1-7H3. The van der Waals surface area contributed by atoms with E-state index in [1.165, 1.54) is 0 Å². The number of fused-ring (bicyclic) bond motifs is 2. The van der Waals surface area contributed by atoms with Crippen LogP contribution < -0.4 is 9.80 Å². The maximum absolute atomic E-state index is 13.7. The van der Waals surface area contributed by atoms with E-state index in [1.807, 2.05) is 79.2 Å². The van der Waals surface area contributed by atoms with Gasteiger partial charge in [0.1, 0.15) is 11.2 Å². The summed E-state index contributed by atoms with van der Waals surface area (Å²) >= 11 is 1.62. The summed E-state index contributed by atoms with van der Waals surface area (Å²) in [5, 5.41) is 2.03. The van der Waals surface area contributed by atoms with Gasteiger partial charge in [-0.1, -0.05) is 6.07 Å². The van der Waals surface area contributed by atoms with Crippen molar-refractivity contribution >= 4 is 51.0 Å². The van der Waals surface area contributed by atoms with Crippen LogP contribution in [0.4, 0.5) is 16.6 Å². The number of pyridine rings is 1. The molecule has 4 aromatic heterocycles. The Morgan fingerprint density at radius 1 is 1.05 bits per heavy atom. The van der Waals surface area contributed by atoms with E-state index in [-0.39, 0.29) is 24.0 Å². The Labute approximate surface area is 256 Å². The lowest BCUT2D eigenvalue weighted by Gasteiger charge is -2.44. The van der Waals surface area contributed by atoms with Crippen molar-refractivity contribution in [1.82, 2.24) is 29.2 Å². The van der Waals surface area contributed by atoms with Gasteiger partial charge in [0, 0.05) is 52.0 Å². The van der Waals surface area contributed by atoms with Crippen LogP contribution in [-0.4, -0.2) is 92.6 Å². The predicted octanol–water partition coefficient (Wildman–Crippen LogP) is 4.61. The van der Waals surface area contributed by atoms with Crippen LogP contribution >= 0.6 is 11.3 Å². The summed E-state index contributed by atoms with van der Waals surface area (Å²) in [5.41, 5.74) is 1.65. The molecule has 0 N–H and O–H groups in total. The van der Waals surface area contributed by atoms with E-state index >= 15 is 0 Å². The molecule has 2 saturated heterocycles. The molecule has 0 spiro atoms. The molecule has 4 aromatic rings. The van der Waals surface area contributed by atoms with Crippen LogP contribution in [-0.2, 0) is 15.1 Å². The first kappa shape index (κ1) is 29.2. The molecular formula is C31H40N8O3S. The molecule has 2 aliphatic heterocycles. The van der Waals surface area contributed by atoms with E-state index in [0.717, 1.165) is 27.4 Å². The van der Waals surface area contributed by atoms with Crippen LogP contribution in [0.1, 0.15) is 47.2 Å². The zero-order valence-electron chi connectivity index (χ0n) is 25.9. The van der Waals surface area contributed by atoms with Gasteiger partial charge in [-0.25, -0.2) is 14.8 Å². The predicted molar refractivity (Wildman–Crippen MR) is 169 cm³/mol. The molecule has 0 saturated carbocycles. The van der Waals surface area contributed by atoms with Gasteiger partial charge in [-0.3, -0.25) is 4.79 Å². The molecule has 2 amide bonds. The number of hydrogen-bond donors (Lipinski definition) is 0. The highest BCUT2D eigenvalue weighted by atomic mass is 32.1. The zero-order valence-corrected chi connectivity index (χ0v) is 26.8. The summed E-state index contributed by atoms with van der Waals surface area (Å²) in [4.78, 5) is 48.8. The van der Waals surface area contributed by atoms with Crippen molar-refractivity contribution in [3.05, 3.63) is 47.7 Å². The fraction of sp³-hybridized carbons (Fsp3) is 0.516. The second-order valence-electron chi connectivity index (χ2n) is 13.1. The fourth-order valence-electron chi connectivity index (χ4n) is 5.84. The molecule has 0 radical (unpaired) electrons. The van der Waals surface area contributed by atoms with Gasteiger partial charge >= 0.3 is 6.09 Å². The topological polar surface area (TPSA) is 99.4 Å². The molecule has 2 aliphatic rings. The SMILES string of the molecule is CC1CN(C(=O)OC(C)(C)C)CCN1c1nc(N2CC(C(=O)N(C)C(C)(C)c3cnc4ccccn34)C2)c2sccc2n1. The van der Waals surface area contributed by atoms with E-state index in [9.17, 15) is 9.59 Å². The number of thiophene rings is 1.